The number of amides is 1. The lowest BCUT2D eigenvalue weighted by Crippen LogP contribution is -2.51. The van der Waals surface area contributed by atoms with Crippen LogP contribution in [0.1, 0.15) is 10.4 Å². The maximum Gasteiger partial charge on any atom is 0.338 e. The van der Waals surface area contributed by atoms with Gasteiger partial charge in [-0.25, -0.2) is 13.2 Å². The highest BCUT2D eigenvalue weighted by molar-refractivity contribution is 7.89. The highest BCUT2D eigenvalue weighted by atomic mass is 35.5. The van der Waals surface area contributed by atoms with Crippen LogP contribution in [0, 0.1) is 0 Å². The second kappa shape index (κ2) is 10.2. The molecule has 0 unspecified atom stereocenters. The van der Waals surface area contributed by atoms with Gasteiger partial charge in [0.25, 0.3) is 5.91 Å². The number of hydrogen-bond donors (Lipinski definition) is 0. The fraction of sp³-hybridized carbons (Fsp3) is 0.333. The van der Waals surface area contributed by atoms with Crippen molar-refractivity contribution in [2.75, 3.05) is 47.0 Å². The first kappa shape index (κ1) is 23.8. The molecule has 11 heteroatoms. The number of halogens is 1. The molecule has 2 aromatic carbocycles. The van der Waals surface area contributed by atoms with Gasteiger partial charge in [0.2, 0.25) is 10.0 Å². The van der Waals surface area contributed by atoms with Crippen LogP contribution in [0.15, 0.2) is 47.4 Å². The summed E-state index contributed by atoms with van der Waals surface area (Å²) < 4.78 is 42.2. The van der Waals surface area contributed by atoms with E-state index >= 15 is 0 Å². The molecule has 0 atom stereocenters. The molecule has 1 heterocycles. The van der Waals surface area contributed by atoms with Gasteiger partial charge in [-0.15, -0.1) is 0 Å². The molecule has 0 aliphatic carbocycles. The van der Waals surface area contributed by atoms with E-state index in [-0.39, 0.29) is 36.6 Å². The number of methoxy groups -OCH3 is 2. The lowest BCUT2D eigenvalue weighted by molar-refractivity contribution is -0.135. The van der Waals surface area contributed by atoms with Crippen molar-refractivity contribution in [1.29, 1.82) is 0 Å². The van der Waals surface area contributed by atoms with Crippen molar-refractivity contribution in [2.24, 2.45) is 0 Å². The second-order valence-corrected chi connectivity index (χ2v) is 9.29. The van der Waals surface area contributed by atoms with Crippen molar-refractivity contribution in [1.82, 2.24) is 9.21 Å². The summed E-state index contributed by atoms with van der Waals surface area (Å²) in [6.07, 6.45) is 0. The van der Waals surface area contributed by atoms with Gasteiger partial charge in [-0.1, -0.05) is 11.6 Å². The number of hydrogen-bond acceptors (Lipinski definition) is 7. The third kappa shape index (κ3) is 5.50. The second-order valence-electron chi connectivity index (χ2n) is 6.92. The van der Waals surface area contributed by atoms with Crippen LogP contribution in [0.5, 0.6) is 11.5 Å². The van der Waals surface area contributed by atoms with Gasteiger partial charge in [-0.2, -0.15) is 4.31 Å². The Hall–Kier alpha value is -2.82. The molecular formula is C21H23ClN2O7S. The summed E-state index contributed by atoms with van der Waals surface area (Å²) in [5.74, 6) is -0.266. The van der Waals surface area contributed by atoms with E-state index in [1.165, 1.54) is 59.8 Å². The third-order valence-electron chi connectivity index (χ3n) is 4.96. The maximum absolute atomic E-state index is 12.7. The molecule has 2 aromatic rings. The van der Waals surface area contributed by atoms with E-state index in [4.69, 9.17) is 25.8 Å². The quantitative estimate of drug-likeness (QED) is 0.556. The van der Waals surface area contributed by atoms with E-state index in [2.05, 4.69) is 0 Å². The summed E-state index contributed by atoms with van der Waals surface area (Å²) in [7, 11) is -0.758. The fourth-order valence-electron chi connectivity index (χ4n) is 3.16. The van der Waals surface area contributed by atoms with Crippen molar-refractivity contribution in [3.05, 3.63) is 53.1 Å². The van der Waals surface area contributed by atoms with Crippen LogP contribution in [0.2, 0.25) is 5.02 Å². The largest absolute Gasteiger partial charge is 0.497 e. The Kier molecular flexibility index (Phi) is 7.60. The number of carbonyl (C=O) groups is 2. The van der Waals surface area contributed by atoms with Gasteiger partial charge < -0.3 is 19.1 Å². The number of esters is 1. The number of piperazine rings is 1. The fourth-order valence-corrected chi connectivity index (χ4v) is 4.71. The van der Waals surface area contributed by atoms with Crippen LogP contribution in [0.25, 0.3) is 0 Å². The molecule has 9 nitrogen and oxygen atoms in total. The van der Waals surface area contributed by atoms with E-state index in [0.29, 0.717) is 16.5 Å². The van der Waals surface area contributed by atoms with E-state index in [1.807, 2.05) is 0 Å². The Morgan fingerprint density at radius 1 is 0.938 bits per heavy atom. The molecule has 1 aliphatic rings. The first-order valence-corrected chi connectivity index (χ1v) is 11.5. The monoisotopic (exact) mass is 482 g/mol. The smallest absolute Gasteiger partial charge is 0.338 e. The molecule has 0 aromatic heterocycles. The predicted molar refractivity (Wildman–Crippen MR) is 117 cm³/mol. The first-order chi connectivity index (χ1) is 15.2. The van der Waals surface area contributed by atoms with Crippen molar-refractivity contribution in [3.8, 4) is 11.5 Å². The number of benzene rings is 2. The zero-order valence-corrected chi connectivity index (χ0v) is 19.2. The van der Waals surface area contributed by atoms with Crippen LogP contribution >= 0.6 is 11.6 Å². The molecule has 32 heavy (non-hydrogen) atoms. The van der Waals surface area contributed by atoms with Crippen LogP contribution < -0.4 is 9.47 Å². The number of rotatable bonds is 7. The highest BCUT2D eigenvalue weighted by Crippen LogP contribution is 2.23. The maximum atomic E-state index is 12.7. The summed E-state index contributed by atoms with van der Waals surface area (Å²) in [4.78, 5) is 26.4. The average molecular weight is 483 g/mol. The third-order valence-corrected chi connectivity index (χ3v) is 7.12. The SMILES string of the molecule is COc1cc(OC)cc(C(=O)OCC(=O)N2CCN(S(=O)(=O)c3ccc(Cl)cc3)CC2)c1. The van der Waals surface area contributed by atoms with Crippen LogP contribution in [-0.2, 0) is 19.6 Å². The Balaban J connectivity index is 1.55. The van der Waals surface area contributed by atoms with Gasteiger partial charge in [-0.3, -0.25) is 4.79 Å². The molecule has 0 N–H and O–H groups in total. The van der Waals surface area contributed by atoms with Crippen molar-refractivity contribution < 1.29 is 32.2 Å². The molecule has 0 saturated carbocycles. The number of carbonyl (C=O) groups excluding carboxylic acids is 2. The molecule has 1 fully saturated rings. The summed E-state index contributed by atoms with van der Waals surface area (Å²) in [6.45, 7) is 0.199. The Morgan fingerprint density at radius 2 is 1.50 bits per heavy atom. The minimum atomic E-state index is -3.68. The van der Waals surface area contributed by atoms with Crippen molar-refractivity contribution >= 4 is 33.5 Å². The zero-order chi connectivity index (χ0) is 23.3. The average Bonchev–Trinajstić information content (AvgIpc) is 2.82. The van der Waals surface area contributed by atoms with Crippen LogP contribution in [0.3, 0.4) is 0 Å². The zero-order valence-electron chi connectivity index (χ0n) is 17.6. The molecule has 0 bridgehead atoms. The van der Waals surface area contributed by atoms with Gasteiger partial charge in [0, 0.05) is 37.3 Å². The normalized spacial score (nSPS) is 14.7. The summed E-state index contributed by atoms with van der Waals surface area (Å²) in [5.41, 5.74) is 0.188. The van der Waals surface area contributed by atoms with E-state index in [1.54, 1.807) is 6.07 Å². The van der Waals surface area contributed by atoms with E-state index < -0.39 is 28.5 Å². The molecular weight excluding hydrogens is 460 g/mol. The molecule has 0 spiro atoms. The molecule has 0 radical (unpaired) electrons. The first-order valence-electron chi connectivity index (χ1n) is 9.68. The number of nitrogens with zero attached hydrogens (tertiary/aromatic N) is 2. The van der Waals surface area contributed by atoms with Crippen LogP contribution in [-0.4, -0.2) is 76.5 Å². The molecule has 1 saturated heterocycles. The highest BCUT2D eigenvalue weighted by Gasteiger charge is 2.30. The minimum Gasteiger partial charge on any atom is -0.497 e. The Morgan fingerprint density at radius 3 is 2.03 bits per heavy atom. The van der Waals surface area contributed by atoms with E-state index in [0.717, 1.165) is 0 Å². The molecule has 172 valence electrons. The van der Waals surface area contributed by atoms with Gasteiger partial charge in [-0.05, 0) is 36.4 Å². The standard InChI is InChI=1S/C21H23ClN2O7S/c1-29-17-11-15(12-18(13-17)30-2)21(26)31-14-20(25)23-7-9-24(10-8-23)32(27,28)19-5-3-16(22)4-6-19/h3-6,11-13H,7-10,14H2,1-2H3. The van der Waals surface area contributed by atoms with Gasteiger partial charge in [0.1, 0.15) is 11.5 Å². The summed E-state index contributed by atoms with van der Waals surface area (Å²) in [6, 6.07) is 10.5. The van der Waals surface area contributed by atoms with Crippen molar-refractivity contribution in [3.63, 3.8) is 0 Å². The van der Waals surface area contributed by atoms with Crippen LogP contribution in [0.4, 0.5) is 0 Å². The summed E-state index contributed by atoms with van der Waals surface area (Å²) >= 11 is 5.82. The van der Waals surface area contributed by atoms with Gasteiger partial charge in [0.15, 0.2) is 6.61 Å². The summed E-state index contributed by atoms with van der Waals surface area (Å²) in [5, 5.41) is 0.446. The van der Waals surface area contributed by atoms with Gasteiger partial charge in [0.05, 0.1) is 24.7 Å². The predicted octanol–water partition coefficient (Wildman–Crippen LogP) is 2.05. The molecule has 3 rings (SSSR count). The minimum absolute atomic E-state index is 0.137. The lowest BCUT2D eigenvalue weighted by Gasteiger charge is -2.33. The lowest BCUT2D eigenvalue weighted by atomic mass is 10.2. The topological polar surface area (TPSA) is 102 Å². The van der Waals surface area contributed by atoms with E-state index in [9.17, 15) is 18.0 Å². The molecule has 1 aliphatic heterocycles. The number of ether oxygens (including phenoxy) is 3. The Bertz CT molecular complexity index is 1060. The van der Waals surface area contributed by atoms with Crippen molar-refractivity contribution in [2.45, 2.75) is 4.90 Å². The Labute approximate surface area is 191 Å². The molecule has 1 amide bonds. The number of sulfonamides is 1. The van der Waals surface area contributed by atoms with Gasteiger partial charge >= 0.3 is 5.97 Å².